The topological polar surface area (TPSA) is 84.6 Å². The lowest BCUT2D eigenvalue weighted by Crippen LogP contribution is -2.40. The van der Waals surface area contributed by atoms with Crippen molar-refractivity contribution in [2.75, 3.05) is 26.1 Å². The number of aliphatic hydroxyl groups excluding tert-OH is 1. The number of amides is 1. The number of halogens is 1. The normalized spacial score (nSPS) is 12.2. The number of hydrogen-bond donors (Lipinski definition) is 3. The van der Waals surface area contributed by atoms with E-state index in [0.29, 0.717) is 11.3 Å². The Morgan fingerprint density at radius 2 is 2.35 bits per heavy atom. The number of rotatable bonds is 5. The molecule has 0 saturated carbocycles. The Hall–Kier alpha value is -1.11. The number of nitrogens with one attached hydrogen (secondary N) is 1. The van der Waals surface area contributed by atoms with Crippen molar-refractivity contribution in [2.45, 2.75) is 6.04 Å². The van der Waals surface area contributed by atoms with Crippen LogP contribution in [0, 0.1) is 0 Å². The summed E-state index contributed by atoms with van der Waals surface area (Å²) in [5.41, 5.74) is 6.46. The average molecular weight is 303 g/mol. The van der Waals surface area contributed by atoms with Crippen molar-refractivity contribution in [3.63, 3.8) is 0 Å². The zero-order valence-corrected chi connectivity index (χ0v) is 11.0. The molecule has 0 aliphatic heterocycles. The third-order valence-corrected chi connectivity index (χ3v) is 2.68. The summed E-state index contributed by atoms with van der Waals surface area (Å²) in [5, 5.41) is 11.7. The Bertz CT molecular complexity index is 398. The quantitative estimate of drug-likeness (QED) is 0.701. The van der Waals surface area contributed by atoms with Gasteiger partial charge >= 0.3 is 0 Å². The molecule has 1 aromatic rings. The highest BCUT2D eigenvalue weighted by molar-refractivity contribution is 9.10. The SMILES string of the molecule is COCC(CO)NC(=O)c1cc(Br)ccc1N. The maximum absolute atomic E-state index is 11.9. The average Bonchev–Trinajstić information content (AvgIpc) is 2.31. The fourth-order valence-corrected chi connectivity index (χ4v) is 1.69. The molecule has 0 aliphatic rings. The summed E-state index contributed by atoms with van der Waals surface area (Å²) < 4.78 is 5.64. The monoisotopic (exact) mass is 302 g/mol. The van der Waals surface area contributed by atoms with Gasteiger partial charge in [0, 0.05) is 17.3 Å². The molecule has 0 saturated heterocycles. The van der Waals surface area contributed by atoms with Crippen molar-refractivity contribution in [1.82, 2.24) is 5.32 Å². The third-order valence-electron chi connectivity index (χ3n) is 2.18. The van der Waals surface area contributed by atoms with E-state index in [1.807, 2.05) is 0 Å². The molecule has 1 aromatic carbocycles. The van der Waals surface area contributed by atoms with Gasteiger partial charge in [-0.05, 0) is 18.2 Å². The minimum absolute atomic E-state index is 0.187. The number of ether oxygens (including phenoxy) is 1. The van der Waals surface area contributed by atoms with Gasteiger partial charge < -0.3 is 20.9 Å². The van der Waals surface area contributed by atoms with Crippen molar-refractivity contribution in [2.24, 2.45) is 0 Å². The van der Waals surface area contributed by atoms with Crippen molar-refractivity contribution < 1.29 is 14.6 Å². The molecular weight excluding hydrogens is 288 g/mol. The van der Waals surface area contributed by atoms with E-state index in [1.54, 1.807) is 18.2 Å². The lowest BCUT2D eigenvalue weighted by Gasteiger charge is -2.16. The van der Waals surface area contributed by atoms with Gasteiger partial charge in [-0.1, -0.05) is 15.9 Å². The molecule has 0 fully saturated rings. The van der Waals surface area contributed by atoms with E-state index in [4.69, 9.17) is 15.6 Å². The number of aliphatic hydroxyl groups is 1. The molecular formula is C11H15BrN2O3. The fraction of sp³-hybridized carbons (Fsp3) is 0.364. The highest BCUT2D eigenvalue weighted by Gasteiger charge is 2.15. The number of nitrogens with two attached hydrogens (primary N) is 1. The summed E-state index contributed by atoms with van der Waals surface area (Å²) >= 11 is 3.27. The van der Waals surface area contributed by atoms with Gasteiger partial charge in [0.1, 0.15) is 0 Å². The van der Waals surface area contributed by atoms with Gasteiger partial charge in [-0.25, -0.2) is 0 Å². The maximum Gasteiger partial charge on any atom is 0.253 e. The summed E-state index contributed by atoms with van der Waals surface area (Å²) in [7, 11) is 1.50. The molecule has 0 bridgehead atoms. The molecule has 0 spiro atoms. The molecule has 6 heteroatoms. The predicted octanol–water partition coefficient (Wildman–Crippen LogP) is 0.768. The fourth-order valence-electron chi connectivity index (χ4n) is 1.33. The maximum atomic E-state index is 11.9. The van der Waals surface area contributed by atoms with Crippen molar-refractivity contribution in [3.8, 4) is 0 Å². The molecule has 1 unspecified atom stereocenters. The van der Waals surface area contributed by atoms with E-state index in [9.17, 15) is 4.79 Å². The molecule has 4 N–H and O–H groups in total. The van der Waals surface area contributed by atoms with Crippen molar-refractivity contribution >= 4 is 27.5 Å². The summed E-state index contributed by atoms with van der Waals surface area (Å²) in [6, 6.07) is 4.59. The Labute approximate surface area is 108 Å². The van der Waals surface area contributed by atoms with Crippen LogP contribution in [-0.2, 0) is 4.74 Å². The molecule has 5 nitrogen and oxygen atoms in total. The van der Waals surface area contributed by atoms with Crippen LogP contribution in [-0.4, -0.2) is 37.4 Å². The summed E-state index contributed by atoms with van der Waals surface area (Å²) in [6.45, 7) is 0.0592. The molecule has 94 valence electrons. The van der Waals surface area contributed by atoms with Gasteiger partial charge in [-0.3, -0.25) is 4.79 Å². The van der Waals surface area contributed by atoms with Gasteiger partial charge in [0.05, 0.1) is 24.8 Å². The van der Waals surface area contributed by atoms with E-state index in [1.165, 1.54) is 7.11 Å². The van der Waals surface area contributed by atoms with E-state index < -0.39 is 6.04 Å². The standard InChI is InChI=1S/C11H15BrN2O3/c1-17-6-8(5-15)14-11(16)9-4-7(12)2-3-10(9)13/h2-4,8,15H,5-6,13H2,1H3,(H,14,16). The van der Waals surface area contributed by atoms with E-state index in [-0.39, 0.29) is 19.1 Å². The second-order valence-electron chi connectivity index (χ2n) is 3.54. The first-order chi connectivity index (χ1) is 8.08. The van der Waals surface area contributed by atoms with Crippen LogP contribution in [0.25, 0.3) is 0 Å². The van der Waals surface area contributed by atoms with Crippen LogP contribution >= 0.6 is 15.9 Å². The number of anilines is 1. The largest absolute Gasteiger partial charge is 0.398 e. The molecule has 0 heterocycles. The number of nitrogen functional groups attached to an aromatic ring is 1. The van der Waals surface area contributed by atoms with Gasteiger partial charge in [0.15, 0.2) is 0 Å². The first-order valence-corrected chi connectivity index (χ1v) is 5.83. The van der Waals surface area contributed by atoms with Crippen LogP contribution in [0.1, 0.15) is 10.4 Å². The first-order valence-electron chi connectivity index (χ1n) is 5.04. The summed E-state index contributed by atoms with van der Waals surface area (Å²) in [5.74, 6) is -0.333. The van der Waals surface area contributed by atoms with E-state index >= 15 is 0 Å². The molecule has 1 amide bonds. The number of carbonyl (C=O) groups is 1. The van der Waals surface area contributed by atoms with Crippen LogP contribution in [0.2, 0.25) is 0 Å². The van der Waals surface area contributed by atoms with Crippen LogP contribution < -0.4 is 11.1 Å². The number of benzene rings is 1. The molecule has 17 heavy (non-hydrogen) atoms. The van der Waals surface area contributed by atoms with Crippen LogP contribution in [0.15, 0.2) is 22.7 Å². The smallest absolute Gasteiger partial charge is 0.253 e. The zero-order valence-electron chi connectivity index (χ0n) is 9.44. The Kier molecular flexibility index (Phi) is 5.40. The summed E-state index contributed by atoms with van der Waals surface area (Å²) in [4.78, 5) is 11.9. The van der Waals surface area contributed by atoms with Crippen LogP contribution in [0.4, 0.5) is 5.69 Å². The molecule has 0 radical (unpaired) electrons. The van der Waals surface area contributed by atoms with E-state index in [2.05, 4.69) is 21.2 Å². The van der Waals surface area contributed by atoms with Crippen LogP contribution in [0.5, 0.6) is 0 Å². The van der Waals surface area contributed by atoms with Gasteiger partial charge in [-0.2, -0.15) is 0 Å². The molecule has 1 rings (SSSR count). The Balaban J connectivity index is 2.78. The molecule has 1 atom stereocenters. The Morgan fingerprint density at radius 1 is 1.65 bits per heavy atom. The van der Waals surface area contributed by atoms with Gasteiger partial charge in [-0.15, -0.1) is 0 Å². The second kappa shape index (κ2) is 6.58. The number of methoxy groups -OCH3 is 1. The summed E-state index contributed by atoms with van der Waals surface area (Å²) in [6.07, 6.45) is 0. The second-order valence-corrected chi connectivity index (χ2v) is 4.46. The van der Waals surface area contributed by atoms with Crippen molar-refractivity contribution in [1.29, 1.82) is 0 Å². The van der Waals surface area contributed by atoms with Crippen LogP contribution in [0.3, 0.4) is 0 Å². The number of carbonyl (C=O) groups excluding carboxylic acids is 1. The highest BCUT2D eigenvalue weighted by atomic mass is 79.9. The minimum Gasteiger partial charge on any atom is -0.398 e. The predicted molar refractivity (Wildman–Crippen MR) is 68.8 cm³/mol. The minimum atomic E-state index is -0.439. The third kappa shape index (κ3) is 3.99. The van der Waals surface area contributed by atoms with Gasteiger partial charge in [0.25, 0.3) is 5.91 Å². The molecule has 0 aliphatic carbocycles. The van der Waals surface area contributed by atoms with Gasteiger partial charge in [0.2, 0.25) is 0 Å². The zero-order chi connectivity index (χ0) is 12.8. The van der Waals surface area contributed by atoms with Crippen molar-refractivity contribution in [3.05, 3.63) is 28.2 Å². The number of hydrogen-bond acceptors (Lipinski definition) is 4. The Morgan fingerprint density at radius 3 is 2.94 bits per heavy atom. The lowest BCUT2D eigenvalue weighted by molar-refractivity contribution is 0.0840. The highest BCUT2D eigenvalue weighted by Crippen LogP contribution is 2.18. The molecule has 0 aromatic heterocycles. The lowest BCUT2D eigenvalue weighted by atomic mass is 10.1. The van der Waals surface area contributed by atoms with E-state index in [0.717, 1.165) is 4.47 Å². The first kappa shape index (κ1) is 14.0.